The largest absolute Gasteiger partial charge is 0.447 e. The lowest BCUT2D eigenvalue weighted by Gasteiger charge is -2.30. The van der Waals surface area contributed by atoms with Crippen molar-refractivity contribution in [3.63, 3.8) is 0 Å². The van der Waals surface area contributed by atoms with Crippen LogP contribution >= 0.6 is 11.8 Å². The van der Waals surface area contributed by atoms with Gasteiger partial charge in [-0.05, 0) is 36.5 Å². The van der Waals surface area contributed by atoms with E-state index < -0.39 is 6.09 Å². The van der Waals surface area contributed by atoms with E-state index in [0.29, 0.717) is 26.1 Å². The Bertz CT molecular complexity index is 859. The highest BCUT2D eigenvalue weighted by atomic mass is 32.2. The monoisotopic (exact) mass is 455 g/mol. The molecule has 0 aliphatic carbocycles. The minimum absolute atomic E-state index is 0.00751. The van der Waals surface area contributed by atoms with Gasteiger partial charge in [-0.2, -0.15) is 0 Å². The Kier molecular flexibility index (Phi) is 9.18. The highest BCUT2D eigenvalue weighted by molar-refractivity contribution is 8.00. The van der Waals surface area contributed by atoms with Gasteiger partial charge in [0.1, 0.15) is 6.61 Å². The zero-order valence-electron chi connectivity index (χ0n) is 19.1. The Labute approximate surface area is 195 Å². The summed E-state index contributed by atoms with van der Waals surface area (Å²) in [5.41, 5.74) is 1.13. The minimum Gasteiger partial charge on any atom is -0.447 e. The van der Waals surface area contributed by atoms with E-state index in [2.05, 4.69) is 12.1 Å². The first kappa shape index (κ1) is 24.3. The molecule has 0 spiro atoms. The summed E-state index contributed by atoms with van der Waals surface area (Å²) in [6, 6.07) is 20.0. The second-order valence-electron chi connectivity index (χ2n) is 8.41. The van der Waals surface area contributed by atoms with Crippen LogP contribution in [0.5, 0.6) is 0 Å². The first-order chi connectivity index (χ1) is 15.5. The molecule has 1 heterocycles. The van der Waals surface area contributed by atoms with Crippen molar-refractivity contribution in [3.05, 3.63) is 66.2 Å². The molecule has 2 amide bonds. The van der Waals surface area contributed by atoms with E-state index in [1.54, 1.807) is 11.8 Å². The van der Waals surface area contributed by atoms with E-state index in [-0.39, 0.29) is 35.6 Å². The van der Waals surface area contributed by atoms with Crippen LogP contribution in [0.15, 0.2) is 65.6 Å². The molecule has 3 rings (SSSR count). The van der Waals surface area contributed by atoms with E-state index >= 15 is 0 Å². The molecule has 0 radical (unpaired) electrons. The molecular formula is C26H33NO4S. The van der Waals surface area contributed by atoms with Crippen LogP contribution in [0.25, 0.3) is 0 Å². The van der Waals surface area contributed by atoms with E-state index in [1.165, 1.54) is 4.90 Å². The molecule has 1 aliphatic heterocycles. The first-order valence-corrected chi connectivity index (χ1v) is 12.2. The van der Waals surface area contributed by atoms with Crippen LogP contribution in [0.3, 0.4) is 0 Å². The molecule has 0 unspecified atom stereocenters. The Morgan fingerprint density at radius 3 is 2.41 bits per heavy atom. The van der Waals surface area contributed by atoms with Crippen molar-refractivity contribution in [1.29, 1.82) is 0 Å². The van der Waals surface area contributed by atoms with Crippen LogP contribution in [0.4, 0.5) is 4.79 Å². The standard InChI is InChI=1S/C26H33NO4S/c1-4-22(25(28)27-23(19(2)3)18-31-26(27)29)24(32-21-13-9-6-10-14-21)15-16-30-17-20-11-7-5-8-12-20/h5-14,19,22-24H,4,15-18H2,1-3H3/t22-,23-,24+/m1/s1. The number of ether oxygens (including phenoxy) is 2. The number of thioether (sulfide) groups is 1. The molecule has 172 valence electrons. The third-order valence-electron chi connectivity index (χ3n) is 5.81. The molecule has 0 bridgehead atoms. The van der Waals surface area contributed by atoms with Crippen molar-refractivity contribution in [1.82, 2.24) is 4.90 Å². The van der Waals surface area contributed by atoms with Gasteiger partial charge in [-0.25, -0.2) is 9.69 Å². The second-order valence-corrected chi connectivity index (χ2v) is 9.72. The Morgan fingerprint density at radius 2 is 1.78 bits per heavy atom. The highest BCUT2D eigenvalue weighted by Gasteiger charge is 2.43. The summed E-state index contributed by atoms with van der Waals surface area (Å²) >= 11 is 1.69. The number of carbonyl (C=O) groups excluding carboxylic acids is 2. The molecule has 0 saturated carbocycles. The molecule has 2 aromatic carbocycles. The van der Waals surface area contributed by atoms with Crippen molar-refractivity contribution in [2.24, 2.45) is 11.8 Å². The fourth-order valence-corrected chi connectivity index (χ4v) is 5.29. The van der Waals surface area contributed by atoms with Gasteiger partial charge in [-0.3, -0.25) is 4.79 Å². The summed E-state index contributed by atoms with van der Waals surface area (Å²) < 4.78 is 11.2. The van der Waals surface area contributed by atoms with Gasteiger partial charge in [0, 0.05) is 16.8 Å². The summed E-state index contributed by atoms with van der Waals surface area (Å²) in [4.78, 5) is 28.4. The maximum absolute atomic E-state index is 13.6. The Balaban J connectivity index is 1.72. The van der Waals surface area contributed by atoms with Crippen molar-refractivity contribution in [2.75, 3.05) is 13.2 Å². The molecule has 0 N–H and O–H groups in total. The normalized spacial score (nSPS) is 17.9. The molecule has 32 heavy (non-hydrogen) atoms. The summed E-state index contributed by atoms with van der Waals surface area (Å²) in [7, 11) is 0. The van der Waals surface area contributed by atoms with E-state index in [4.69, 9.17) is 9.47 Å². The fourth-order valence-electron chi connectivity index (χ4n) is 3.94. The van der Waals surface area contributed by atoms with Crippen LogP contribution < -0.4 is 0 Å². The highest BCUT2D eigenvalue weighted by Crippen LogP contribution is 2.35. The number of nitrogens with zero attached hydrogens (tertiary/aromatic N) is 1. The lowest BCUT2D eigenvalue weighted by Crippen LogP contribution is -2.47. The maximum atomic E-state index is 13.6. The second kappa shape index (κ2) is 12.1. The van der Waals surface area contributed by atoms with E-state index in [1.807, 2.05) is 69.3 Å². The van der Waals surface area contributed by atoms with Crippen LogP contribution in [0, 0.1) is 11.8 Å². The van der Waals surface area contributed by atoms with Crippen LogP contribution in [0.2, 0.25) is 0 Å². The summed E-state index contributed by atoms with van der Waals surface area (Å²) in [6.07, 6.45) is 0.846. The Morgan fingerprint density at radius 1 is 1.12 bits per heavy atom. The van der Waals surface area contributed by atoms with Crippen LogP contribution in [-0.4, -0.2) is 41.4 Å². The average molecular weight is 456 g/mol. The van der Waals surface area contributed by atoms with Gasteiger partial charge in [0.25, 0.3) is 0 Å². The molecule has 1 saturated heterocycles. The topological polar surface area (TPSA) is 55.8 Å². The Hall–Kier alpha value is -2.31. The minimum atomic E-state index is -0.518. The summed E-state index contributed by atoms with van der Waals surface area (Å²) in [5, 5.41) is -0.00751. The number of carbonyl (C=O) groups is 2. The van der Waals surface area contributed by atoms with Gasteiger partial charge < -0.3 is 9.47 Å². The van der Waals surface area contributed by atoms with Crippen molar-refractivity contribution < 1.29 is 19.1 Å². The molecule has 1 fully saturated rings. The van der Waals surface area contributed by atoms with Crippen LogP contribution in [0.1, 0.15) is 39.2 Å². The lowest BCUT2D eigenvalue weighted by molar-refractivity contribution is -0.134. The van der Waals surface area contributed by atoms with E-state index in [9.17, 15) is 9.59 Å². The predicted octanol–water partition coefficient (Wildman–Crippen LogP) is 5.78. The SMILES string of the molecule is CC[C@@H](C(=O)N1C(=O)OC[C@@H]1C(C)C)[C@H](CCOCc1ccccc1)Sc1ccccc1. The zero-order valence-corrected chi connectivity index (χ0v) is 19.9. The molecule has 6 heteroatoms. The van der Waals surface area contributed by atoms with Gasteiger partial charge in [0.05, 0.1) is 18.6 Å². The number of hydrogen-bond acceptors (Lipinski definition) is 5. The van der Waals surface area contributed by atoms with Gasteiger partial charge >= 0.3 is 6.09 Å². The van der Waals surface area contributed by atoms with Gasteiger partial charge in [0.15, 0.2) is 0 Å². The fraction of sp³-hybridized carbons (Fsp3) is 0.462. The van der Waals surface area contributed by atoms with Crippen molar-refractivity contribution in [3.8, 4) is 0 Å². The molecular weight excluding hydrogens is 422 g/mol. The summed E-state index contributed by atoms with van der Waals surface area (Å²) in [6.45, 7) is 7.40. The number of benzene rings is 2. The van der Waals surface area contributed by atoms with Crippen molar-refractivity contribution >= 4 is 23.8 Å². The average Bonchev–Trinajstić information content (AvgIpc) is 3.20. The zero-order chi connectivity index (χ0) is 22.9. The molecule has 3 atom stereocenters. The first-order valence-electron chi connectivity index (χ1n) is 11.3. The number of rotatable bonds is 11. The predicted molar refractivity (Wildman–Crippen MR) is 127 cm³/mol. The number of imide groups is 1. The van der Waals surface area contributed by atoms with Crippen LogP contribution in [-0.2, 0) is 20.9 Å². The van der Waals surface area contributed by atoms with E-state index in [0.717, 1.165) is 10.5 Å². The van der Waals surface area contributed by atoms with Gasteiger partial charge in [-0.15, -0.1) is 11.8 Å². The molecule has 1 aliphatic rings. The maximum Gasteiger partial charge on any atom is 0.416 e. The number of hydrogen-bond donors (Lipinski definition) is 0. The summed E-state index contributed by atoms with van der Waals surface area (Å²) in [5.74, 6) is -0.282. The smallest absolute Gasteiger partial charge is 0.416 e. The number of amides is 2. The van der Waals surface area contributed by atoms with Gasteiger partial charge in [-0.1, -0.05) is 69.3 Å². The molecule has 2 aromatic rings. The van der Waals surface area contributed by atoms with Gasteiger partial charge in [0.2, 0.25) is 5.91 Å². The lowest BCUT2D eigenvalue weighted by atomic mass is 9.96. The third-order valence-corrected chi connectivity index (χ3v) is 7.22. The number of cyclic esters (lactones) is 1. The third kappa shape index (κ3) is 6.36. The van der Waals surface area contributed by atoms with Crippen molar-refractivity contribution in [2.45, 2.75) is 56.4 Å². The quantitative estimate of drug-likeness (QED) is 0.317. The molecule has 5 nitrogen and oxygen atoms in total. The molecule has 0 aromatic heterocycles.